The number of nitrogens with one attached hydrogen (secondary N) is 1. The molecule has 0 radical (unpaired) electrons. The Morgan fingerprint density at radius 1 is 1.30 bits per heavy atom. The summed E-state index contributed by atoms with van der Waals surface area (Å²) >= 11 is 7.73. The average Bonchev–Trinajstić information content (AvgIpc) is 3.39. The number of aryl methyl sites for hydroxylation is 1. The van der Waals surface area contributed by atoms with Crippen molar-refractivity contribution < 1.29 is 20.1 Å². The molecule has 1 aliphatic rings. The largest absolute Gasteiger partial charge is 0.394 e. The summed E-state index contributed by atoms with van der Waals surface area (Å²) in [5.74, 6) is 1.17. The lowest BCUT2D eigenvalue weighted by Gasteiger charge is -2.17. The number of hydrogen-bond acceptors (Lipinski definition) is 10. The molecule has 13 heteroatoms. The van der Waals surface area contributed by atoms with Gasteiger partial charge in [-0.2, -0.15) is 9.97 Å². The van der Waals surface area contributed by atoms with E-state index in [-0.39, 0.29) is 11.3 Å². The van der Waals surface area contributed by atoms with Crippen LogP contribution in [0.5, 0.6) is 0 Å². The summed E-state index contributed by atoms with van der Waals surface area (Å²) in [6.07, 6.45) is 0.734. The third-order valence-electron chi connectivity index (χ3n) is 4.81. The number of fused-ring (bicyclic) bond motifs is 1. The van der Waals surface area contributed by atoms with Gasteiger partial charge in [0.15, 0.2) is 28.4 Å². The highest BCUT2D eigenvalue weighted by Gasteiger charge is 2.44. The molecule has 11 nitrogen and oxygen atoms in total. The second-order valence-corrected chi connectivity index (χ2v) is 8.40. The van der Waals surface area contributed by atoms with Crippen LogP contribution in [-0.4, -0.2) is 81.1 Å². The number of rotatable bonds is 7. The van der Waals surface area contributed by atoms with Gasteiger partial charge in [-0.25, -0.2) is 9.97 Å². The van der Waals surface area contributed by atoms with E-state index >= 15 is 0 Å². The van der Waals surface area contributed by atoms with Crippen molar-refractivity contribution in [3.63, 3.8) is 0 Å². The lowest BCUT2D eigenvalue weighted by Crippen LogP contribution is -2.33. The van der Waals surface area contributed by atoms with E-state index in [2.05, 4.69) is 25.3 Å². The number of ether oxygens (including phenoxy) is 1. The van der Waals surface area contributed by atoms with Crippen LogP contribution >= 0.6 is 23.4 Å². The Kier molecular flexibility index (Phi) is 6.14. The van der Waals surface area contributed by atoms with Gasteiger partial charge in [0.25, 0.3) is 0 Å². The van der Waals surface area contributed by atoms with Crippen molar-refractivity contribution in [3.05, 3.63) is 24.0 Å². The summed E-state index contributed by atoms with van der Waals surface area (Å²) < 4.78 is 9.00. The first-order valence-electron chi connectivity index (χ1n) is 9.28. The van der Waals surface area contributed by atoms with Gasteiger partial charge >= 0.3 is 0 Å². The van der Waals surface area contributed by atoms with E-state index in [4.69, 9.17) is 16.3 Å². The van der Waals surface area contributed by atoms with E-state index in [0.717, 1.165) is 10.9 Å². The predicted octanol–water partition coefficient (Wildman–Crippen LogP) is 0.417. The van der Waals surface area contributed by atoms with E-state index in [0.29, 0.717) is 17.0 Å². The minimum Gasteiger partial charge on any atom is -0.394 e. The zero-order valence-electron chi connectivity index (χ0n) is 16.3. The van der Waals surface area contributed by atoms with Crippen molar-refractivity contribution in [2.45, 2.75) is 42.7 Å². The molecule has 0 aliphatic carbocycles. The molecular weight excluding hydrogens is 434 g/mol. The minimum atomic E-state index is -1.25. The maximum Gasteiger partial charge on any atom is 0.226 e. The molecule has 4 N–H and O–H groups in total. The predicted molar refractivity (Wildman–Crippen MR) is 110 cm³/mol. The summed E-state index contributed by atoms with van der Waals surface area (Å²) in [5, 5.41) is 33.9. The fourth-order valence-corrected chi connectivity index (χ4v) is 4.30. The molecule has 3 aromatic rings. The van der Waals surface area contributed by atoms with E-state index in [1.54, 1.807) is 18.0 Å². The Bertz CT molecular complexity index is 1030. The molecule has 0 spiro atoms. The molecule has 0 saturated carbocycles. The molecule has 30 heavy (non-hydrogen) atoms. The summed E-state index contributed by atoms with van der Waals surface area (Å²) in [7, 11) is 1.94. The first-order valence-corrected chi connectivity index (χ1v) is 10.6. The number of nitrogens with zero attached hydrogens (tertiary/aromatic N) is 6. The fourth-order valence-electron chi connectivity index (χ4n) is 3.25. The number of anilines is 1. The van der Waals surface area contributed by atoms with E-state index in [1.165, 1.54) is 10.9 Å². The molecule has 0 aromatic carbocycles. The monoisotopic (exact) mass is 455 g/mol. The molecule has 4 rings (SSSR count). The van der Waals surface area contributed by atoms with Crippen molar-refractivity contribution in [2.75, 3.05) is 17.7 Å². The standard InChI is InChI=1S/C17H22ClN7O4S/c1-8(6-30-17-19-3-4-24(17)2)21-13-10-14(23-16(18)22-13)25(7-20-10)15-12(28)11(27)9(5-26)29-15/h3-4,7-9,11-12,15,26-28H,5-6H2,1-2H3,(H,21,22,23)/t8?,9-,11?,12?,15-/m1/s1. The van der Waals surface area contributed by atoms with Gasteiger partial charge in [0.2, 0.25) is 5.28 Å². The summed E-state index contributed by atoms with van der Waals surface area (Å²) in [5.41, 5.74) is 0.794. The second-order valence-electron chi connectivity index (χ2n) is 7.07. The molecule has 162 valence electrons. The summed E-state index contributed by atoms with van der Waals surface area (Å²) in [4.78, 5) is 17.1. The van der Waals surface area contributed by atoms with Gasteiger partial charge in [0, 0.05) is 31.2 Å². The van der Waals surface area contributed by atoms with Crippen LogP contribution in [0, 0.1) is 0 Å². The molecule has 3 unspecified atom stereocenters. The van der Waals surface area contributed by atoms with Gasteiger partial charge in [0.1, 0.15) is 18.3 Å². The zero-order chi connectivity index (χ0) is 21.4. The maximum atomic E-state index is 10.3. The smallest absolute Gasteiger partial charge is 0.226 e. The first kappa shape index (κ1) is 21.3. The maximum absolute atomic E-state index is 10.3. The number of imidazole rings is 2. The van der Waals surface area contributed by atoms with Gasteiger partial charge in [-0.3, -0.25) is 4.57 Å². The Hall–Kier alpha value is -1.96. The molecular formula is C17H22ClN7O4S. The van der Waals surface area contributed by atoms with Crippen molar-refractivity contribution in [2.24, 2.45) is 7.05 Å². The van der Waals surface area contributed by atoms with Crippen LogP contribution in [0.15, 0.2) is 23.9 Å². The lowest BCUT2D eigenvalue weighted by atomic mass is 10.1. The van der Waals surface area contributed by atoms with Crippen molar-refractivity contribution in [3.8, 4) is 0 Å². The van der Waals surface area contributed by atoms with E-state index in [1.807, 2.05) is 24.7 Å². The van der Waals surface area contributed by atoms with Crippen LogP contribution in [0.25, 0.3) is 11.2 Å². The molecule has 1 saturated heterocycles. The Morgan fingerprint density at radius 2 is 2.10 bits per heavy atom. The van der Waals surface area contributed by atoms with Crippen LogP contribution in [0.3, 0.4) is 0 Å². The Morgan fingerprint density at radius 3 is 2.77 bits per heavy atom. The Balaban J connectivity index is 1.56. The van der Waals surface area contributed by atoms with Crippen molar-refractivity contribution in [1.82, 2.24) is 29.1 Å². The van der Waals surface area contributed by atoms with Crippen molar-refractivity contribution >= 4 is 40.3 Å². The third-order valence-corrected chi connectivity index (χ3v) is 6.30. The SMILES string of the molecule is CC(CSc1nccn1C)Nc1nc(Cl)nc2c1ncn2[C@@H]1O[C@H](CO)C(O)C1O. The number of aliphatic hydroxyl groups is 3. The topological polar surface area (TPSA) is 143 Å². The van der Waals surface area contributed by atoms with Gasteiger partial charge in [0.05, 0.1) is 12.9 Å². The molecule has 1 fully saturated rings. The molecule has 0 bridgehead atoms. The van der Waals surface area contributed by atoms with Crippen LogP contribution in [0.4, 0.5) is 5.82 Å². The van der Waals surface area contributed by atoms with Gasteiger partial charge in [-0.1, -0.05) is 11.8 Å². The van der Waals surface area contributed by atoms with Crippen molar-refractivity contribution in [1.29, 1.82) is 0 Å². The van der Waals surface area contributed by atoms with Crippen LogP contribution in [-0.2, 0) is 11.8 Å². The number of aromatic nitrogens is 6. The number of halogens is 1. The van der Waals surface area contributed by atoms with E-state index < -0.39 is 31.1 Å². The third kappa shape index (κ3) is 3.98. The highest BCUT2D eigenvalue weighted by Crippen LogP contribution is 2.33. The van der Waals surface area contributed by atoms with Crippen LogP contribution in [0.1, 0.15) is 13.2 Å². The minimum absolute atomic E-state index is 0.00227. The molecule has 1 aliphatic heterocycles. The number of hydrogen-bond donors (Lipinski definition) is 4. The zero-order valence-corrected chi connectivity index (χ0v) is 17.8. The normalized spacial score (nSPS) is 25.1. The highest BCUT2D eigenvalue weighted by atomic mass is 35.5. The second kappa shape index (κ2) is 8.65. The lowest BCUT2D eigenvalue weighted by molar-refractivity contribution is -0.0511. The fraction of sp³-hybridized carbons (Fsp3) is 0.529. The van der Waals surface area contributed by atoms with E-state index in [9.17, 15) is 15.3 Å². The summed E-state index contributed by atoms with van der Waals surface area (Å²) in [6.45, 7) is 1.58. The number of aliphatic hydroxyl groups excluding tert-OH is 3. The molecule has 4 heterocycles. The van der Waals surface area contributed by atoms with Crippen LogP contribution in [0.2, 0.25) is 5.28 Å². The van der Waals surface area contributed by atoms with Crippen LogP contribution < -0.4 is 5.32 Å². The average molecular weight is 456 g/mol. The molecule has 5 atom stereocenters. The van der Waals surface area contributed by atoms with Gasteiger partial charge in [-0.05, 0) is 18.5 Å². The first-order chi connectivity index (χ1) is 14.4. The highest BCUT2D eigenvalue weighted by molar-refractivity contribution is 7.99. The van der Waals surface area contributed by atoms with Gasteiger partial charge < -0.3 is 29.9 Å². The number of thioether (sulfide) groups is 1. The quantitative estimate of drug-likeness (QED) is 0.292. The summed E-state index contributed by atoms with van der Waals surface area (Å²) in [6, 6.07) is 0.0138. The Labute approximate surface area is 181 Å². The molecule has 3 aromatic heterocycles. The van der Waals surface area contributed by atoms with Gasteiger partial charge in [-0.15, -0.1) is 0 Å². The molecule has 0 amide bonds.